The molecule has 0 fully saturated rings. The summed E-state index contributed by atoms with van der Waals surface area (Å²) in [4.78, 5) is 0. The van der Waals surface area contributed by atoms with Crippen molar-refractivity contribution in [2.24, 2.45) is 0 Å². The van der Waals surface area contributed by atoms with Gasteiger partial charge in [0.05, 0.1) is 0 Å². The summed E-state index contributed by atoms with van der Waals surface area (Å²) in [6.45, 7) is 0. The summed E-state index contributed by atoms with van der Waals surface area (Å²) in [6.07, 6.45) is 0. The van der Waals surface area contributed by atoms with Crippen LogP contribution >= 0.6 is 0 Å². The van der Waals surface area contributed by atoms with Crippen molar-refractivity contribution in [1.82, 2.24) is 0 Å². The van der Waals surface area contributed by atoms with Gasteiger partial charge in [0.1, 0.15) is 5.82 Å². The van der Waals surface area contributed by atoms with Gasteiger partial charge in [-0.05, 0) is 12.1 Å². The van der Waals surface area contributed by atoms with Gasteiger partial charge in [-0.2, -0.15) is 0 Å². The van der Waals surface area contributed by atoms with Gasteiger partial charge in [-0.3, -0.25) is 0 Å². The van der Waals surface area contributed by atoms with Gasteiger partial charge < -0.3 is 51.8 Å². The SMILES string of the molecule is F[B-](F)(F)F.F[B-](F)(F)F.F[B-](F)(F)F.Fc1ccc(F)c(F)c1.[LiH]. The van der Waals surface area contributed by atoms with Crippen molar-refractivity contribution >= 4 is 40.6 Å². The van der Waals surface area contributed by atoms with E-state index < -0.39 is 39.2 Å². The zero-order chi connectivity index (χ0) is 20.4. The van der Waals surface area contributed by atoms with E-state index in [1.807, 2.05) is 0 Å². The van der Waals surface area contributed by atoms with Crippen molar-refractivity contribution in [3.05, 3.63) is 35.7 Å². The molecule has 146 valence electrons. The maximum atomic E-state index is 12.0. The van der Waals surface area contributed by atoms with Crippen molar-refractivity contribution < 1.29 is 65.0 Å². The van der Waals surface area contributed by atoms with Crippen LogP contribution in [-0.2, 0) is 0 Å². The fraction of sp³-hybridized carbons (Fsp3) is 0. The predicted molar refractivity (Wildman–Crippen MR) is 64.0 cm³/mol. The van der Waals surface area contributed by atoms with Crippen LogP contribution in [0.15, 0.2) is 18.2 Å². The molecular weight excluding hydrogens is 396 g/mol. The first kappa shape index (κ1) is 31.7. The molecule has 0 heterocycles. The van der Waals surface area contributed by atoms with Gasteiger partial charge in [0, 0.05) is 6.07 Å². The van der Waals surface area contributed by atoms with Gasteiger partial charge in [-0.15, -0.1) is 0 Å². The van der Waals surface area contributed by atoms with Crippen molar-refractivity contribution in [3.8, 4) is 0 Å². The van der Waals surface area contributed by atoms with E-state index in [-0.39, 0.29) is 18.9 Å². The standard InChI is InChI=1S/C6H3F3.3BF4.Li.H/c7-4-1-2-5(8)6(9)3-4;3*2-1(3,4)5;;/h1-3H;;;;;/q;3*-1;;. The summed E-state index contributed by atoms with van der Waals surface area (Å²) in [7, 11) is -18.0. The second kappa shape index (κ2) is 13.2. The molecule has 25 heavy (non-hydrogen) atoms. The number of hydrogen-bond donors (Lipinski definition) is 0. The van der Waals surface area contributed by atoms with Gasteiger partial charge in [0.15, 0.2) is 11.6 Å². The summed E-state index contributed by atoms with van der Waals surface area (Å²) in [5, 5.41) is 0. The van der Waals surface area contributed by atoms with Crippen LogP contribution in [-0.4, -0.2) is 40.6 Å². The first-order chi connectivity index (χ1) is 10.2. The third-order valence-electron chi connectivity index (χ3n) is 0.882. The van der Waals surface area contributed by atoms with E-state index >= 15 is 0 Å². The molecule has 19 heteroatoms. The van der Waals surface area contributed by atoms with Gasteiger partial charge in [-0.1, -0.05) is 0 Å². The summed E-state index contributed by atoms with van der Waals surface area (Å²) >= 11 is 0. The van der Waals surface area contributed by atoms with E-state index in [4.69, 9.17) is 0 Å². The minimum atomic E-state index is -6.00. The van der Waals surface area contributed by atoms with Crippen LogP contribution in [0.3, 0.4) is 0 Å². The molecule has 0 aromatic heterocycles. The normalized spacial score (nSPS) is 10.7. The van der Waals surface area contributed by atoms with Crippen LogP contribution in [0.4, 0.5) is 65.0 Å². The number of benzene rings is 1. The molecule has 0 atom stereocenters. The topological polar surface area (TPSA) is 0 Å². The summed E-state index contributed by atoms with van der Waals surface area (Å²) in [5.41, 5.74) is 0. The van der Waals surface area contributed by atoms with Crippen LogP contribution in [0.1, 0.15) is 0 Å². The van der Waals surface area contributed by atoms with Gasteiger partial charge in [0.25, 0.3) is 0 Å². The van der Waals surface area contributed by atoms with Crippen LogP contribution in [0.5, 0.6) is 0 Å². The number of hydrogen-bond acceptors (Lipinski definition) is 0. The molecule has 1 rings (SSSR count). The summed E-state index contributed by atoms with van der Waals surface area (Å²) in [5.74, 6) is -2.96. The van der Waals surface area contributed by atoms with Crippen LogP contribution in [0.25, 0.3) is 0 Å². The molecule has 0 aliphatic heterocycles. The fourth-order valence-corrected chi connectivity index (χ4v) is 0.470. The van der Waals surface area contributed by atoms with Crippen molar-refractivity contribution in [3.63, 3.8) is 0 Å². The molecule has 0 unspecified atom stereocenters. The van der Waals surface area contributed by atoms with Crippen molar-refractivity contribution in [2.75, 3.05) is 0 Å². The van der Waals surface area contributed by atoms with Crippen LogP contribution in [0.2, 0.25) is 0 Å². The Labute approximate surface area is 142 Å². The first-order valence-corrected chi connectivity index (χ1v) is 4.92. The predicted octanol–water partition coefficient (Wildman–Crippen LogP) is 5.36. The fourth-order valence-electron chi connectivity index (χ4n) is 0.470. The maximum absolute atomic E-state index is 12.0. The molecule has 0 bridgehead atoms. The van der Waals surface area contributed by atoms with Gasteiger partial charge in [0.2, 0.25) is 0 Å². The van der Waals surface area contributed by atoms with E-state index in [1.54, 1.807) is 0 Å². The molecular formula is C6H4B3F15Li-3. The van der Waals surface area contributed by atoms with Gasteiger partial charge in [-0.25, -0.2) is 13.2 Å². The molecule has 0 nitrogen and oxygen atoms in total. The average molecular weight is 400 g/mol. The Kier molecular flexibility index (Phi) is 16.7. The average Bonchev–Trinajstić information content (AvgIpc) is 2.16. The molecule has 1 aromatic carbocycles. The molecule has 0 aliphatic carbocycles. The van der Waals surface area contributed by atoms with E-state index in [1.165, 1.54) is 0 Å². The molecule has 1 aromatic rings. The number of halogens is 15. The quantitative estimate of drug-likeness (QED) is 0.313. The molecule has 0 spiro atoms. The van der Waals surface area contributed by atoms with Crippen molar-refractivity contribution in [2.45, 2.75) is 0 Å². The molecule has 0 aliphatic rings. The third kappa shape index (κ3) is 70.5. The van der Waals surface area contributed by atoms with E-state index in [2.05, 4.69) is 0 Å². The monoisotopic (exact) mass is 401 g/mol. The van der Waals surface area contributed by atoms with Crippen LogP contribution < -0.4 is 0 Å². The zero-order valence-corrected chi connectivity index (χ0v) is 10.6. The molecule has 0 amide bonds. The Morgan fingerprint density at radius 2 is 0.720 bits per heavy atom. The third-order valence-corrected chi connectivity index (χ3v) is 0.882. The van der Waals surface area contributed by atoms with Crippen LogP contribution in [0, 0.1) is 17.5 Å². The Bertz CT molecular complexity index is 408. The van der Waals surface area contributed by atoms with E-state index in [0.29, 0.717) is 6.07 Å². The van der Waals surface area contributed by atoms with Gasteiger partial charge >= 0.3 is 40.6 Å². The van der Waals surface area contributed by atoms with E-state index in [0.717, 1.165) is 12.1 Å². The Morgan fingerprint density at radius 1 is 0.480 bits per heavy atom. The molecule has 0 saturated heterocycles. The molecule has 0 N–H and O–H groups in total. The minimum absolute atomic E-state index is 0. The zero-order valence-electron chi connectivity index (χ0n) is 10.6. The Balaban J connectivity index is -0.000000122. The first-order valence-electron chi connectivity index (χ1n) is 4.92. The molecule has 0 saturated carbocycles. The Hall–Kier alpha value is -1.04. The second-order valence-electron chi connectivity index (χ2n) is 3.04. The number of rotatable bonds is 0. The van der Waals surface area contributed by atoms with E-state index in [9.17, 15) is 65.0 Å². The summed E-state index contributed by atoms with van der Waals surface area (Å²) in [6, 6.07) is 2.10. The van der Waals surface area contributed by atoms with Crippen molar-refractivity contribution in [1.29, 1.82) is 0 Å². The Morgan fingerprint density at radius 3 is 0.880 bits per heavy atom. The summed E-state index contributed by atoms with van der Waals surface area (Å²) < 4.78 is 153. The molecule has 0 radical (unpaired) electrons. The second-order valence-corrected chi connectivity index (χ2v) is 3.04.